The van der Waals surface area contributed by atoms with E-state index < -0.39 is 15.9 Å². The number of rotatable bonds is 7. The molecule has 0 aromatic heterocycles. The highest BCUT2D eigenvalue weighted by atomic mass is 32.2. The van der Waals surface area contributed by atoms with Crippen LogP contribution in [0.15, 0.2) is 48.5 Å². The number of benzene rings is 2. The smallest absolute Gasteiger partial charge is 0.241 e. The van der Waals surface area contributed by atoms with E-state index in [1.54, 1.807) is 24.3 Å². The van der Waals surface area contributed by atoms with Crippen molar-refractivity contribution in [1.82, 2.24) is 5.32 Å². The Morgan fingerprint density at radius 3 is 2.21 bits per heavy atom. The summed E-state index contributed by atoms with van der Waals surface area (Å²) in [7, 11) is -2.21. The van der Waals surface area contributed by atoms with Gasteiger partial charge in [0, 0.05) is 0 Å². The van der Waals surface area contributed by atoms with Gasteiger partial charge in [-0.25, -0.2) is 8.42 Å². The molecule has 0 fully saturated rings. The molecule has 0 heterocycles. The molecule has 7 heteroatoms. The average Bonchev–Trinajstić information content (AvgIpc) is 2.64. The molecule has 0 unspecified atom stereocenters. The van der Waals surface area contributed by atoms with E-state index in [4.69, 9.17) is 4.74 Å². The highest BCUT2D eigenvalue weighted by Gasteiger charge is 2.24. The van der Waals surface area contributed by atoms with Gasteiger partial charge < -0.3 is 10.1 Å². The van der Waals surface area contributed by atoms with Gasteiger partial charge in [-0.3, -0.25) is 9.10 Å². The summed E-state index contributed by atoms with van der Waals surface area (Å²) in [6.45, 7) is 7.97. The summed E-state index contributed by atoms with van der Waals surface area (Å²) in [4.78, 5) is 12.6. The molecule has 0 aliphatic carbocycles. The van der Waals surface area contributed by atoms with Crippen molar-refractivity contribution in [3.05, 3.63) is 59.7 Å². The van der Waals surface area contributed by atoms with Gasteiger partial charge in [0.25, 0.3) is 0 Å². The number of para-hydroxylation sites is 2. The van der Waals surface area contributed by atoms with Gasteiger partial charge in [-0.15, -0.1) is 0 Å². The van der Waals surface area contributed by atoms with Crippen LogP contribution in [0.4, 0.5) is 5.69 Å². The fraction of sp³-hybridized carbons (Fsp3) is 0.409. The Morgan fingerprint density at radius 2 is 1.69 bits per heavy atom. The van der Waals surface area contributed by atoms with Crippen LogP contribution in [-0.4, -0.2) is 34.2 Å². The Kier molecular flexibility index (Phi) is 6.95. The van der Waals surface area contributed by atoms with Crippen LogP contribution in [0, 0.1) is 0 Å². The monoisotopic (exact) mass is 418 g/mol. The predicted molar refractivity (Wildman–Crippen MR) is 117 cm³/mol. The minimum atomic E-state index is -3.68. The van der Waals surface area contributed by atoms with Gasteiger partial charge in [-0.05, 0) is 35.6 Å². The van der Waals surface area contributed by atoms with E-state index in [0.717, 1.165) is 16.1 Å². The molecule has 0 aliphatic heterocycles. The molecule has 1 atom stereocenters. The van der Waals surface area contributed by atoms with Crippen LogP contribution in [0.1, 0.15) is 44.9 Å². The molecule has 158 valence electrons. The second-order valence-electron chi connectivity index (χ2n) is 8.10. The zero-order valence-electron chi connectivity index (χ0n) is 17.9. The fourth-order valence-corrected chi connectivity index (χ4v) is 3.85. The molecule has 0 bridgehead atoms. The summed E-state index contributed by atoms with van der Waals surface area (Å²) in [5.41, 5.74) is 2.54. The Labute approximate surface area is 173 Å². The summed E-state index contributed by atoms with van der Waals surface area (Å²) < 4.78 is 30.9. The normalized spacial score (nSPS) is 12.9. The van der Waals surface area contributed by atoms with Gasteiger partial charge in [-0.2, -0.15) is 0 Å². The van der Waals surface area contributed by atoms with Gasteiger partial charge in [-0.1, -0.05) is 57.2 Å². The second-order valence-corrected chi connectivity index (χ2v) is 10.0. The van der Waals surface area contributed by atoms with Crippen molar-refractivity contribution in [3.8, 4) is 5.75 Å². The summed E-state index contributed by atoms with van der Waals surface area (Å²) in [5.74, 6) is -0.00901. The highest BCUT2D eigenvalue weighted by Crippen LogP contribution is 2.29. The fourth-order valence-electron chi connectivity index (χ4n) is 2.99. The largest absolute Gasteiger partial charge is 0.495 e. The number of nitrogens with zero attached hydrogens (tertiary/aromatic N) is 1. The molecule has 29 heavy (non-hydrogen) atoms. The molecular weight excluding hydrogens is 388 g/mol. The maximum absolute atomic E-state index is 12.6. The molecular formula is C22H30N2O4S. The first-order valence-corrected chi connectivity index (χ1v) is 11.3. The first kappa shape index (κ1) is 22.7. The van der Waals surface area contributed by atoms with Crippen molar-refractivity contribution in [2.45, 2.75) is 39.2 Å². The lowest BCUT2D eigenvalue weighted by Gasteiger charge is -2.25. The molecule has 2 rings (SSSR count). The van der Waals surface area contributed by atoms with Crippen molar-refractivity contribution in [2.75, 3.05) is 24.2 Å². The SMILES string of the molecule is COc1ccccc1N(CC(=O)N[C@H](C)c1ccc(C(C)(C)C)cc1)S(C)(=O)=O. The number of carbonyl (C=O) groups excluding carboxylic acids is 1. The van der Waals surface area contributed by atoms with Crippen molar-refractivity contribution >= 4 is 21.6 Å². The zero-order chi connectivity index (χ0) is 21.8. The summed E-state index contributed by atoms with van der Waals surface area (Å²) >= 11 is 0. The zero-order valence-corrected chi connectivity index (χ0v) is 18.7. The molecule has 1 amide bonds. The minimum absolute atomic E-state index is 0.0513. The number of sulfonamides is 1. The number of hydrogen-bond acceptors (Lipinski definition) is 4. The first-order chi connectivity index (χ1) is 13.4. The van der Waals surface area contributed by atoms with Crippen molar-refractivity contribution in [1.29, 1.82) is 0 Å². The van der Waals surface area contributed by atoms with E-state index in [1.807, 2.05) is 19.1 Å². The first-order valence-electron chi connectivity index (χ1n) is 9.44. The number of amides is 1. The van der Waals surface area contributed by atoms with Crippen molar-refractivity contribution in [2.24, 2.45) is 0 Å². The number of hydrogen-bond donors (Lipinski definition) is 1. The molecule has 0 radical (unpaired) electrons. The average molecular weight is 419 g/mol. The van der Waals surface area contributed by atoms with Crippen LogP contribution >= 0.6 is 0 Å². The number of carbonyl (C=O) groups is 1. The molecule has 0 aliphatic rings. The molecule has 2 aromatic carbocycles. The molecule has 1 N–H and O–H groups in total. The molecule has 6 nitrogen and oxygen atoms in total. The minimum Gasteiger partial charge on any atom is -0.495 e. The van der Waals surface area contributed by atoms with Crippen LogP contribution in [0.5, 0.6) is 5.75 Å². The third-order valence-electron chi connectivity index (χ3n) is 4.70. The van der Waals surface area contributed by atoms with Crippen LogP contribution < -0.4 is 14.4 Å². The van der Waals surface area contributed by atoms with Crippen LogP contribution in [0.25, 0.3) is 0 Å². The summed E-state index contributed by atoms with van der Waals surface area (Å²) in [5, 5.41) is 2.88. The molecule has 2 aromatic rings. The van der Waals surface area contributed by atoms with Crippen LogP contribution in [-0.2, 0) is 20.2 Å². The summed E-state index contributed by atoms with van der Waals surface area (Å²) in [6, 6.07) is 14.5. The highest BCUT2D eigenvalue weighted by molar-refractivity contribution is 7.92. The lowest BCUT2D eigenvalue weighted by molar-refractivity contribution is -0.120. The number of anilines is 1. The Hall–Kier alpha value is -2.54. The van der Waals surface area contributed by atoms with E-state index in [-0.39, 0.29) is 18.0 Å². The topological polar surface area (TPSA) is 75.7 Å². The Morgan fingerprint density at radius 1 is 1.10 bits per heavy atom. The van der Waals surface area contributed by atoms with E-state index in [9.17, 15) is 13.2 Å². The predicted octanol–water partition coefficient (Wildman–Crippen LogP) is 3.64. The van der Waals surface area contributed by atoms with E-state index in [0.29, 0.717) is 11.4 Å². The number of ether oxygens (including phenoxy) is 1. The third kappa shape index (κ3) is 5.97. The third-order valence-corrected chi connectivity index (χ3v) is 5.82. The van der Waals surface area contributed by atoms with Crippen LogP contribution in [0.3, 0.4) is 0 Å². The van der Waals surface area contributed by atoms with Crippen LogP contribution in [0.2, 0.25) is 0 Å². The number of nitrogens with one attached hydrogen (secondary N) is 1. The quantitative estimate of drug-likeness (QED) is 0.745. The summed E-state index contributed by atoms with van der Waals surface area (Å²) in [6.07, 6.45) is 1.07. The van der Waals surface area contributed by atoms with Gasteiger partial charge in [0.1, 0.15) is 12.3 Å². The van der Waals surface area contributed by atoms with Gasteiger partial charge >= 0.3 is 0 Å². The van der Waals surface area contributed by atoms with Crippen molar-refractivity contribution in [3.63, 3.8) is 0 Å². The van der Waals surface area contributed by atoms with Crippen molar-refractivity contribution < 1.29 is 17.9 Å². The molecule has 0 saturated heterocycles. The number of methoxy groups -OCH3 is 1. The molecule has 0 spiro atoms. The van der Waals surface area contributed by atoms with E-state index in [1.165, 1.54) is 12.7 Å². The lowest BCUT2D eigenvalue weighted by atomic mass is 9.86. The maximum atomic E-state index is 12.6. The maximum Gasteiger partial charge on any atom is 0.241 e. The Bertz CT molecular complexity index is 948. The lowest BCUT2D eigenvalue weighted by Crippen LogP contribution is -2.41. The molecule has 0 saturated carbocycles. The van der Waals surface area contributed by atoms with E-state index >= 15 is 0 Å². The second kappa shape index (κ2) is 8.86. The van der Waals surface area contributed by atoms with Gasteiger partial charge in [0.05, 0.1) is 25.1 Å². The van der Waals surface area contributed by atoms with Gasteiger partial charge in [0.15, 0.2) is 0 Å². The van der Waals surface area contributed by atoms with E-state index in [2.05, 4.69) is 38.2 Å². The standard InChI is InChI=1S/C22H30N2O4S/c1-16(17-11-13-18(14-12-17)22(2,3)4)23-21(25)15-24(29(6,26)27)19-9-7-8-10-20(19)28-5/h7-14,16H,15H2,1-6H3,(H,23,25)/t16-/m1/s1. The van der Waals surface area contributed by atoms with Gasteiger partial charge in [0.2, 0.25) is 15.9 Å². The Balaban J connectivity index is 2.16.